The number of aryl methyl sites for hydroxylation is 1. The summed E-state index contributed by atoms with van der Waals surface area (Å²) in [4.78, 5) is 4.07. The van der Waals surface area contributed by atoms with Crippen molar-refractivity contribution in [3.8, 4) is 11.5 Å². The van der Waals surface area contributed by atoms with Crippen molar-refractivity contribution in [1.82, 2.24) is 4.98 Å². The first-order valence-corrected chi connectivity index (χ1v) is 8.88. The number of halogens is 6. The lowest BCUT2D eigenvalue weighted by atomic mass is 9.95. The summed E-state index contributed by atoms with van der Waals surface area (Å²) in [6.45, 7) is 1.48. The van der Waals surface area contributed by atoms with Crippen molar-refractivity contribution in [3.05, 3.63) is 53.1 Å². The zero-order chi connectivity index (χ0) is 22.3. The molecule has 0 saturated heterocycles. The average Bonchev–Trinajstić information content (AvgIpc) is 3.08. The molecule has 30 heavy (non-hydrogen) atoms. The van der Waals surface area contributed by atoms with Gasteiger partial charge in [-0.25, -0.2) is 4.98 Å². The van der Waals surface area contributed by atoms with E-state index in [0.717, 1.165) is 5.56 Å². The second-order valence-corrected chi connectivity index (χ2v) is 7.43. The van der Waals surface area contributed by atoms with Gasteiger partial charge in [0, 0.05) is 11.1 Å². The normalized spacial score (nSPS) is 14.8. The highest BCUT2D eigenvalue weighted by Gasteiger charge is 2.37. The summed E-state index contributed by atoms with van der Waals surface area (Å²) in [5, 5.41) is 9.22. The predicted octanol–water partition coefficient (Wildman–Crippen LogP) is 5.17. The average molecular weight is 432 g/mol. The fourth-order valence-electron chi connectivity index (χ4n) is 2.84. The SMILES string of the molecule is C[C@](N)(CO)CCc1ccc2oc(-c3cc(C(F)(F)F)cc(C(F)(F)F)c3)nc2c1. The third-order valence-corrected chi connectivity index (χ3v) is 4.63. The van der Waals surface area contributed by atoms with E-state index in [4.69, 9.17) is 10.2 Å². The number of alkyl halides is 6. The van der Waals surface area contributed by atoms with E-state index in [-0.39, 0.29) is 29.7 Å². The van der Waals surface area contributed by atoms with E-state index in [2.05, 4.69) is 4.98 Å². The van der Waals surface area contributed by atoms with Gasteiger partial charge in [-0.05, 0) is 55.7 Å². The summed E-state index contributed by atoms with van der Waals surface area (Å²) in [6, 6.07) is 6.04. The Morgan fingerprint density at radius 3 is 2.10 bits per heavy atom. The van der Waals surface area contributed by atoms with Crippen molar-refractivity contribution in [2.75, 3.05) is 6.61 Å². The van der Waals surface area contributed by atoms with E-state index in [9.17, 15) is 31.4 Å². The second kappa shape index (κ2) is 7.59. The van der Waals surface area contributed by atoms with Crippen LogP contribution in [0.1, 0.15) is 30.0 Å². The molecule has 0 bridgehead atoms. The van der Waals surface area contributed by atoms with E-state index in [1.165, 1.54) is 6.07 Å². The van der Waals surface area contributed by atoms with Crippen molar-refractivity contribution >= 4 is 11.1 Å². The van der Waals surface area contributed by atoms with Crippen LogP contribution in [0, 0.1) is 0 Å². The smallest absolute Gasteiger partial charge is 0.416 e. The quantitative estimate of drug-likeness (QED) is 0.546. The van der Waals surface area contributed by atoms with E-state index in [1.54, 1.807) is 19.1 Å². The molecular formula is C20H18F6N2O2. The highest BCUT2D eigenvalue weighted by Crippen LogP contribution is 2.39. The lowest BCUT2D eigenvalue weighted by Crippen LogP contribution is -2.40. The van der Waals surface area contributed by atoms with Crippen LogP contribution in [0.5, 0.6) is 0 Å². The zero-order valence-electron chi connectivity index (χ0n) is 15.7. The van der Waals surface area contributed by atoms with Gasteiger partial charge in [0.25, 0.3) is 0 Å². The number of hydrogen-bond acceptors (Lipinski definition) is 4. The van der Waals surface area contributed by atoms with Crippen LogP contribution in [0.4, 0.5) is 26.3 Å². The Hall–Kier alpha value is -2.59. The molecular weight excluding hydrogens is 414 g/mol. The zero-order valence-corrected chi connectivity index (χ0v) is 15.7. The molecule has 0 saturated carbocycles. The van der Waals surface area contributed by atoms with Crippen LogP contribution in [-0.4, -0.2) is 22.2 Å². The molecule has 0 spiro atoms. The topological polar surface area (TPSA) is 72.3 Å². The summed E-state index contributed by atoms with van der Waals surface area (Å²) < 4.78 is 83.8. The number of aliphatic hydroxyl groups is 1. The standard InChI is InChI=1S/C20H18F6N2O2/c1-18(27,10-29)5-4-11-2-3-16-15(6-11)28-17(30-16)12-7-13(19(21,22)23)9-14(8-12)20(24,25)26/h2-3,6-9,29H,4-5,10,27H2,1H3/t18-/m1/s1. The number of nitrogens with two attached hydrogens (primary N) is 1. The van der Waals surface area contributed by atoms with E-state index < -0.39 is 34.6 Å². The van der Waals surface area contributed by atoms with Crippen molar-refractivity contribution in [2.45, 2.75) is 37.7 Å². The summed E-state index contributed by atoms with van der Waals surface area (Å²) in [6.07, 6.45) is -8.97. The summed E-state index contributed by atoms with van der Waals surface area (Å²) in [5.41, 5.74) is 3.09. The molecule has 1 atom stereocenters. The Morgan fingerprint density at radius 2 is 1.57 bits per heavy atom. The lowest BCUT2D eigenvalue weighted by Gasteiger charge is -2.21. The molecule has 0 fully saturated rings. The maximum Gasteiger partial charge on any atom is 0.416 e. The summed E-state index contributed by atoms with van der Waals surface area (Å²) in [7, 11) is 0. The Bertz CT molecular complexity index is 1020. The maximum absolute atomic E-state index is 13.1. The van der Waals surface area contributed by atoms with Crippen LogP contribution >= 0.6 is 0 Å². The minimum absolute atomic E-state index is 0.0508. The number of benzene rings is 2. The summed E-state index contributed by atoms with van der Waals surface area (Å²) in [5.74, 6) is -0.349. The first-order chi connectivity index (χ1) is 13.8. The van der Waals surface area contributed by atoms with Crippen LogP contribution in [0.2, 0.25) is 0 Å². The molecule has 0 aliphatic rings. The van der Waals surface area contributed by atoms with Gasteiger partial charge in [0.2, 0.25) is 5.89 Å². The van der Waals surface area contributed by atoms with Gasteiger partial charge in [0.15, 0.2) is 5.58 Å². The van der Waals surface area contributed by atoms with Gasteiger partial charge in [0.1, 0.15) is 5.52 Å². The number of nitrogens with zero attached hydrogens (tertiary/aromatic N) is 1. The monoisotopic (exact) mass is 432 g/mol. The van der Waals surface area contributed by atoms with Crippen LogP contribution in [0.15, 0.2) is 40.8 Å². The molecule has 3 aromatic rings. The van der Waals surface area contributed by atoms with E-state index >= 15 is 0 Å². The maximum atomic E-state index is 13.1. The first kappa shape index (κ1) is 22.1. The molecule has 0 amide bonds. The third-order valence-electron chi connectivity index (χ3n) is 4.63. The molecule has 0 radical (unpaired) electrons. The molecule has 0 unspecified atom stereocenters. The summed E-state index contributed by atoms with van der Waals surface area (Å²) >= 11 is 0. The third kappa shape index (κ3) is 4.93. The molecule has 1 heterocycles. The van der Waals surface area contributed by atoms with Gasteiger partial charge in [0.05, 0.1) is 17.7 Å². The number of fused-ring (bicyclic) bond motifs is 1. The first-order valence-electron chi connectivity index (χ1n) is 8.88. The van der Waals surface area contributed by atoms with Gasteiger partial charge in [-0.1, -0.05) is 6.07 Å². The van der Waals surface area contributed by atoms with E-state index in [1.807, 2.05) is 0 Å². The van der Waals surface area contributed by atoms with Crippen LogP contribution < -0.4 is 5.73 Å². The molecule has 0 aliphatic heterocycles. The van der Waals surface area contributed by atoms with Crippen molar-refractivity contribution in [3.63, 3.8) is 0 Å². The molecule has 10 heteroatoms. The molecule has 162 valence electrons. The minimum Gasteiger partial charge on any atom is -0.436 e. The molecule has 4 nitrogen and oxygen atoms in total. The fraction of sp³-hybridized carbons (Fsp3) is 0.350. The van der Waals surface area contributed by atoms with Gasteiger partial charge < -0.3 is 15.3 Å². The number of aliphatic hydroxyl groups excluding tert-OH is 1. The number of aromatic nitrogens is 1. The van der Waals surface area contributed by atoms with E-state index in [0.29, 0.717) is 25.0 Å². The predicted molar refractivity (Wildman–Crippen MR) is 97.4 cm³/mol. The Kier molecular flexibility index (Phi) is 5.59. The van der Waals surface area contributed by atoms with Crippen LogP contribution in [0.25, 0.3) is 22.6 Å². The lowest BCUT2D eigenvalue weighted by molar-refractivity contribution is -0.143. The number of hydrogen-bond donors (Lipinski definition) is 2. The minimum atomic E-state index is -4.96. The largest absolute Gasteiger partial charge is 0.436 e. The van der Waals surface area contributed by atoms with Crippen molar-refractivity contribution in [1.29, 1.82) is 0 Å². The molecule has 0 aliphatic carbocycles. The van der Waals surface area contributed by atoms with Crippen molar-refractivity contribution < 1.29 is 35.9 Å². The van der Waals surface area contributed by atoms with Crippen LogP contribution in [0.3, 0.4) is 0 Å². The van der Waals surface area contributed by atoms with Gasteiger partial charge in [-0.15, -0.1) is 0 Å². The highest BCUT2D eigenvalue weighted by molar-refractivity contribution is 5.77. The fourth-order valence-corrected chi connectivity index (χ4v) is 2.84. The van der Waals surface area contributed by atoms with Gasteiger partial charge in [-0.2, -0.15) is 26.3 Å². The van der Waals surface area contributed by atoms with Gasteiger partial charge >= 0.3 is 12.4 Å². The van der Waals surface area contributed by atoms with Crippen molar-refractivity contribution in [2.24, 2.45) is 5.73 Å². The second-order valence-electron chi connectivity index (χ2n) is 7.43. The Labute approximate surface area is 167 Å². The number of oxazole rings is 1. The number of rotatable bonds is 5. The highest BCUT2D eigenvalue weighted by atomic mass is 19.4. The Morgan fingerprint density at radius 1 is 0.967 bits per heavy atom. The molecule has 1 aromatic heterocycles. The molecule has 2 aromatic carbocycles. The van der Waals surface area contributed by atoms with Gasteiger partial charge in [-0.3, -0.25) is 0 Å². The molecule has 3 rings (SSSR count). The van der Waals surface area contributed by atoms with Crippen LogP contribution in [-0.2, 0) is 18.8 Å². The Balaban J connectivity index is 2.00. The molecule has 3 N–H and O–H groups in total.